The van der Waals surface area contributed by atoms with Crippen molar-refractivity contribution in [2.75, 3.05) is 0 Å². The second-order valence-corrected chi connectivity index (χ2v) is 5.57. The maximum absolute atomic E-state index is 11.7. The van der Waals surface area contributed by atoms with Crippen LogP contribution in [0.2, 0.25) is 0 Å². The standard InChI is InChI=1S/C15H19NO4/c1-10(9-14(17)20-15(3,4)5)12-7-6-8-13(11(12)2)16(18)19/h6-9H,1-5H3. The van der Waals surface area contributed by atoms with Gasteiger partial charge in [0.25, 0.3) is 5.69 Å². The van der Waals surface area contributed by atoms with E-state index >= 15 is 0 Å². The van der Waals surface area contributed by atoms with Crippen molar-refractivity contribution < 1.29 is 14.5 Å². The van der Waals surface area contributed by atoms with E-state index in [0.717, 1.165) is 0 Å². The van der Waals surface area contributed by atoms with Crippen molar-refractivity contribution in [3.63, 3.8) is 0 Å². The van der Waals surface area contributed by atoms with E-state index in [2.05, 4.69) is 0 Å². The van der Waals surface area contributed by atoms with E-state index in [-0.39, 0.29) is 5.69 Å². The fourth-order valence-corrected chi connectivity index (χ4v) is 1.83. The molecule has 5 heteroatoms. The zero-order valence-corrected chi connectivity index (χ0v) is 12.4. The zero-order chi connectivity index (χ0) is 15.5. The van der Waals surface area contributed by atoms with Crippen LogP contribution in [0, 0.1) is 17.0 Å². The molecule has 0 aliphatic carbocycles. The molecule has 0 amide bonds. The lowest BCUT2D eigenvalue weighted by molar-refractivity contribution is -0.385. The Kier molecular flexibility index (Phi) is 4.65. The summed E-state index contributed by atoms with van der Waals surface area (Å²) in [7, 11) is 0. The number of carbonyl (C=O) groups is 1. The largest absolute Gasteiger partial charge is 0.457 e. The van der Waals surface area contributed by atoms with Crippen LogP contribution in [0.15, 0.2) is 24.3 Å². The highest BCUT2D eigenvalue weighted by atomic mass is 16.6. The summed E-state index contributed by atoms with van der Waals surface area (Å²) >= 11 is 0. The second kappa shape index (κ2) is 5.86. The van der Waals surface area contributed by atoms with Gasteiger partial charge in [-0.05, 0) is 45.8 Å². The Labute approximate surface area is 118 Å². The van der Waals surface area contributed by atoms with Crippen LogP contribution < -0.4 is 0 Å². The summed E-state index contributed by atoms with van der Waals surface area (Å²) in [5.41, 5.74) is 1.32. The number of hydrogen-bond acceptors (Lipinski definition) is 4. The molecule has 0 atom stereocenters. The molecule has 0 aliphatic rings. The highest BCUT2D eigenvalue weighted by Crippen LogP contribution is 2.26. The third-order valence-electron chi connectivity index (χ3n) is 2.67. The maximum atomic E-state index is 11.7. The van der Waals surface area contributed by atoms with E-state index in [9.17, 15) is 14.9 Å². The fourth-order valence-electron chi connectivity index (χ4n) is 1.83. The van der Waals surface area contributed by atoms with Crippen molar-refractivity contribution in [1.82, 2.24) is 0 Å². The minimum absolute atomic E-state index is 0.0411. The number of carbonyl (C=O) groups excluding carboxylic acids is 1. The van der Waals surface area contributed by atoms with Crippen LogP contribution in [0.3, 0.4) is 0 Å². The first kappa shape index (κ1) is 15.9. The Bertz CT molecular complexity index is 568. The van der Waals surface area contributed by atoms with Crippen molar-refractivity contribution in [3.8, 4) is 0 Å². The van der Waals surface area contributed by atoms with Gasteiger partial charge >= 0.3 is 5.97 Å². The molecular weight excluding hydrogens is 258 g/mol. The molecule has 1 aromatic rings. The fraction of sp³-hybridized carbons (Fsp3) is 0.400. The molecule has 20 heavy (non-hydrogen) atoms. The normalized spacial score (nSPS) is 12.2. The number of allylic oxidation sites excluding steroid dienone is 1. The number of ether oxygens (including phenoxy) is 1. The van der Waals surface area contributed by atoms with Gasteiger partial charge in [0.2, 0.25) is 0 Å². The molecule has 1 aromatic carbocycles. The van der Waals surface area contributed by atoms with E-state index in [0.29, 0.717) is 16.7 Å². The van der Waals surface area contributed by atoms with Crippen LogP contribution in [0.25, 0.3) is 5.57 Å². The summed E-state index contributed by atoms with van der Waals surface area (Å²) < 4.78 is 5.20. The highest BCUT2D eigenvalue weighted by molar-refractivity contribution is 5.91. The van der Waals surface area contributed by atoms with E-state index in [1.165, 1.54) is 12.1 Å². The molecule has 0 N–H and O–H groups in total. The average molecular weight is 277 g/mol. The monoisotopic (exact) mass is 277 g/mol. The van der Waals surface area contributed by atoms with Crippen molar-refractivity contribution in [2.24, 2.45) is 0 Å². The van der Waals surface area contributed by atoms with Crippen LogP contribution in [-0.2, 0) is 9.53 Å². The van der Waals surface area contributed by atoms with Crippen molar-refractivity contribution >= 4 is 17.2 Å². The van der Waals surface area contributed by atoms with E-state index < -0.39 is 16.5 Å². The van der Waals surface area contributed by atoms with Crippen LogP contribution in [0.4, 0.5) is 5.69 Å². The summed E-state index contributed by atoms with van der Waals surface area (Å²) in [6.07, 6.45) is 1.36. The molecule has 0 aliphatic heterocycles. The lowest BCUT2D eigenvalue weighted by atomic mass is 10.00. The SMILES string of the molecule is CC(=CC(=O)OC(C)(C)C)c1cccc([N+](=O)[O-])c1C. The van der Waals surface area contributed by atoms with Gasteiger partial charge in [-0.1, -0.05) is 12.1 Å². The minimum Gasteiger partial charge on any atom is -0.457 e. The number of hydrogen-bond donors (Lipinski definition) is 0. The molecule has 0 bridgehead atoms. The predicted molar refractivity (Wildman–Crippen MR) is 77.3 cm³/mol. The van der Waals surface area contributed by atoms with Crippen LogP contribution in [-0.4, -0.2) is 16.5 Å². The van der Waals surface area contributed by atoms with E-state index in [1.807, 2.05) is 0 Å². The van der Waals surface area contributed by atoms with Crippen LogP contribution in [0.5, 0.6) is 0 Å². The molecule has 0 heterocycles. The van der Waals surface area contributed by atoms with Gasteiger partial charge < -0.3 is 4.74 Å². The van der Waals surface area contributed by atoms with Crippen molar-refractivity contribution in [2.45, 2.75) is 40.2 Å². The Hall–Kier alpha value is -2.17. The Morgan fingerprint density at radius 2 is 1.95 bits per heavy atom. The topological polar surface area (TPSA) is 69.4 Å². The molecule has 0 radical (unpaired) electrons. The maximum Gasteiger partial charge on any atom is 0.331 e. The number of nitro benzene ring substituents is 1. The Morgan fingerprint density at radius 1 is 1.35 bits per heavy atom. The Balaban J connectivity index is 3.09. The van der Waals surface area contributed by atoms with Gasteiger partial charge in [-0.25, -0.2) is 4.79 Å². The Morgan fingerprint density at radius 3 is 2.45 bits per heavy atom. The molecule has 1 rings (SSSR count). The molecule has 0 aromatic heterocycles. The molecule has 0 unspecified atom stereocenters. The number of rotatable bonds is 3. The molecule has 0 saturated carbocycles. The summed E-state index contributed by atoms with van der Waals surface area (Å²) in [5, 5.41) is 10.9. The summed E-state index contributed by atoms with van der Waals surface area (Å²) in [4.78, 5) is 22.2. The number of esters is 1. The third-order valence-corrected chi connectivity index (χ3v) is 2.67. The van der Waals surface area contributed by atoms with Crippen molar-refractivity contribution in [3.05, 3.63) is 45.5 Å². The predicted octanol–water partition coefficient (Wildman–Crippen LogP) is 3.65. The summed E-state index contributed by atoms with van der Waals surface area (Å²) in [5.74, 6) is -0.457. The van der Waals surface area contributed by atoms with Gasteiger partial charge in [0, 0.05) is 17.7 Å². The third kappa shape index (κ3) is 4.19. The van der Waals surface area contributed by atoms with Gasteiger partial charge in [-0.15, -0.1) is 0 Å². The van der Waals surface area contributed by atoms with Crippen molar-refractivity contribution in [1.29, 1.82) is 0 Å². The lowest BCUT2D eigenvalue weighted by Gasteiger charge is -2.18. The summed E-state index contributed by atoms with van der Waals surface area (Å²) in [6.45, 7) is 8.75. The molecule has 0 spiro atoms. The zero-order valence-electron chi connectivity index (χ0n) is 12.4. The molecule has 108 valence electrons. The number of nitro groups is 1. The quantitative estimate of drug-likeness (QED) is 0.366. The average Bonchev–Trinajstić information content (AvgIpc) is 2.25. The van der Waals surface area contributed by atoms with Gasteiger partial charge in [0.1, 0.15) is 5.60 Å². The van der Waals surface area contributed by atoms with Gasteiger partial charge in [0.05, 0.1) is 4.92 Å². The molecular formula is C15H19NO4. The molecule has 0 fully saturated rings. The molecule has 5 nitrogen and oxygen atoms in total. The molecule has 0 saturated heterocycles. The first-order valence-corrected chi connectivity index (χ1v) is 6.27. The van der Waals surface area contributed by atoms with E-state index in [4.69, 9.17) is 4.74 Å². The lowest BCUT2D eigenvalue weighted by Crippen LogP contribution is -2.22. The summed E-state index contributed by atoms with van der Waals surface area (Å²) in [6, 6.07) is 4.80. The highest BCUT2D eigenvalue weighted by Gasteiger charge is 2.17. The van der Waals surface area contributed by atoms with Gasteiger partial charge in [-0.3, -0.25) is 10.1 Å². The first-order valence-electron chi connectivity index (χ1n) is 6.27. The van der Waals surface area contributed by atoms with Crippen LogP contribution in [0.1, 0.15) is 38.8 Å². The van der Waals surface area contributed by atoms with Crippen LogP contribution >= 0.6 is 0 Å². The first-order chi connectivity index (χ1) is 9.11. The van der Waals surface area contributed by atoms with Gasteiger partial charge in [0.15, 0.2) is 0 Å². The van der Waals surface area contributed by atoms with E-state index in [1.54, 1.807) is 46.8 Å². The smallest absolute Gasteiger partial charge is 0.331 e. The number of benzene rings is 1. The number of nitrogens with zero attached hydrogens (tertiary/aromatic N) is 1. The van der Waals surface area contributed by atoms with Gasteiger partial charge in [-0.2, -0.15) is 0 Å². The second-order valence-electron chi connectivity index (χ2n) is 5.57. The minimum atomic E-state index is -0.564.